The van der Waals surface area contributed by atoms with Gasteiger partial charge in [-0.05, 0) is 116 Å². The number of nitrogens with zero attached hydrogens (tertiary/aromatic N) is 1. The topological polar surface area (TPSA) is 3.24 Å². The monoisotopic (exact) mass is 862 g/mol. The van der Waals surface area contributed by atoms with Gasteiger partial charge in [-0.15, -0.1) is 0 Å². The molecule has 10 rings (SSSR count). The third-order valence-corrected chi connectivity index (χ3v) is 16.8. The zero-order valence-corrected chi connectivity index (χ0v) is 43.3. The van der Waals surface area contributed by atoms with Gasteiger partial charge in [-0.1, -0.05) is 232 Å². The summed E-state index contributed by atoms with van der Waals surface area (Å²) in [5, 5.41) is 0. The van der Waals surface area contributed by atoms with Crippen molar-refractivity contribution in [2.75, 3.05) is 4.90 Å². The van der Waals surface area contributed by atoms with Gasteiger partial charge in [-0.2, -0.15) is 0 Å². The molecule has 0 saturated heterocycles. The van der Waals surface area contributed by atoms with E-state index >= 15 is 0 Å². The minimum absolute atomic E-state index is 0.0695. The van der Waals surface area contributed by atoms with E-state index in [1.54, 1.807) is 0 Å². The maximum absolute atomic E-state index is 2.76. The summed E-state index contributed by atoms with van der Waals surface area (Å²) in [4.78, 5) is 2.76. The van der Waals surface area contributed by atoms with Crippen LogP contribution >= 0.6 is 0 Å². The molecular formula is C63H69B2N. The molecule has 0 N–H and O–H groups in total. The number of rotatable bonds is 6. The second-order valence-corrected chi connectivity index (χ2v) is 23.0. The standard InChI is InChI=1S/C63H69B2N/c1-34-22-38(5)54(39(6)23-34)64(55-40(7)24-35(2)25-41(55)8)46-30-50-59-52(32-46)63(17,18)53-33-47(31-51-60(53)66(59)58-48(61(50,13)14)20-19-21-49(58)62(51,15)16)65(56-42(9)26-36(3)27-43(56)10)57-44(11)28-37(4)29-45(57)12/h19-33H,1-18H3. The highest BCUT2D eigenvalue weighted by atomic mass is 15.2. The first kappa shape index (κ1) is 44.3. The van der Waals surface area contributed by atoms with Crippen LogP contribution in [0.15, 0.2) is 91.0 Å². The van der Waals surface area contributed by atoms with Gasteiger partial charge in [0.05, 0.1) is 17.1 Å². The average Bonchev–Trinajstić information content (AvgIpc) is 3.20. The van der Waals surface area contributed by atoms with E-state index in [4.69, 9.17) is 0 Å². The molecule has 3 heterocycles. The van der Waals surface area contributed by atoms with Crippen LogP contribution in [-0.2, 0) is 16.2 Å². The summed E-state index contributed by atoms with van der Waals surface area (Å²) < 4.78 is 0. The molecule has 0 radical (unpaired) electrons. The number of hydrogen-bond donors (Lipinski definition) is 0. The molecule has 0 atom stereocenters. The summed E-state index contributed by atoms with van der Waals surface area (Å²) in [7, 11) is 0. The molecule has 0 amide bonds. The Morgan fingerprint density at radius 3 is 0.758 bits per heavy atom. The Hall–Kier alpha value is -5.53. The van der Waals surface area contributed by atoms with Crippen molar-refractivity contribution in [3.8, 4) is 0 Å². The fourth-order valence-corrected chi connectivity index (χ4v) is 14.1. The predicted molar refractivity (Wildman–Crippen MR) is 289 cm³/mol. The smallest absolute Gasteiger partial charge is 0.242 e. The summed E-state index contributed by atoms with van der Waals surface area (Å²) >= 11 is 0. The van der Waals surface area contributed by atoms with E-state index < -0.39 is 0 Å². The van der Waals surface area contributed by atoms with Crippen LogP contribution in [0.4, 0.5) is 17.1 Å². The number of anilines is 3. The van der Waals surface area contributed by atoms with Crippen molar-refractivity contribution in [1.29, 1.82) is 0 Å². The Morgan fingerprint density at radius 1 is 0.303 bits per heavy atom. The highest BCUT2D eigenvalue weighted by molar-refractivity contribution is 6.97. The molecule has 7 aromatic carbocycles. The quantitative estimate of drug-likeness (QED) is 0.151. The maximum atomic E-state index is 2.76. The fourth-order valence-electron chi connectivity index (χ4n) is 14.1. The lowest BCUT2D eigenvalue weighted by Gasteiger charge is -2.55. The van der Waals surface area contributed by atoms with Gasteiger partial charge in [0.25, 0.3) is 0 Å². The molecule has 3 aliphatic rings. The summed E-state index contributed by atoms with van der Waals surface area (Å²) in [6.07, 6.45) is 0. The van der Waals surface area contributed by atoms with Crippen LogP contribution in [0.2, 0.25) is 0 Å². The van der Waals surface area contributed by atoms with Gasteiger partial charge in [0.1, 0.15) is 0 Å². The van der Waals surface area contributed by atoms with Gasteiger partial charge in [-0.3, -0.25) is 0 Å². The van der Waals surface area contributed by atoms with Crippen molar-refractivity contribution in [3.63, 3.8) is 0 Å². The maximum Gasteiger partial charge on any atom is 0.242 e. The summed E-state index contributed by atoms with van der Waals surface area (Å²) in [6, 6.07) is 37.1. The zero-order chi connectivity index (χ0) is 47.4. The molecule has 0 aliphatic carbocycles. The zero-order valence-electron chi connectivity index (χ0n) is 43.3. The first-order chi connectivity index (χ1) is 30.9. The third-order valence-electron chi connectivity index (χ3n) is 16.8. The minimum Gasteiger partial charge on any atom is -0.309 e. The molecule has 332 valence electrons. The molecule has 0 aromatic heterocycles. The molecule has 3 heteroatoms. The normalized spacial score (nSPS) is 15.5. The van der Waals surface area contributed by atoms with E-state index in [0.29, 0.717) is 0 Å². The van der Waals surface area contributed by atoms with Crippen molar-refractivity contribution in [2.45, 2.75) is 141 Å². The van der Waals surface area contributed by atoms with Crippen molar-refractivity contribution >= 4 is 63.3 Å². The van der Waals surface area contributed by atoms with E-state index in [1.807, 2.05) is 0 Å². The molecule has 0 unspecified atom stereocenters. The van der Waals surface area contributed by atoms with Crippen molar-refractivity contribution < 1.29 is 0 Å². The number of para-hydroxylation sites is 1. The Labute approximate surface area is 398 Å². The Morgan fingerprint density at radius 2 is 0.515 bits per heavy atom. The van der Waals surface area contributed by atoms with Gasteiger partial charge in [0, 0.05) is 16.2 Å². The Kier molecular flexibility index (Phi) is 9.89. The van der Waals surface area contributed by atoms with Crippen LogP contribution in [-0.4, -0.2) is 13.4 Å². The average molecular weight is 862 g/mol. The van der Waals surface area contributed by atoms with Gasteiger partial charge in [0.15, 0.2) is 0 Å². The van der Waals surface area contributed by atoms with E-state index in [0.717, 1.165) is 0 Å². The first-order valence-corrected chi connectivity index (χ1v) is 24.6. The van der Waals surface area contributed by atoms with Gasteiger partial charge in [0.2, 0.25) is 13.4 Å². The number of aryl methyl sites for hydroxylation is 12. The summed E-state index contributed by atoms with van der Waals surface area (Å²) in [5.41, 5.74) is 36.7. The lowest BCUT2D eigenvalue weighted by molar-refractivity contribution is 0.568. The SMILES string of the molecule is Cc1cc(C)c(B(c2cc3c4c(c2)C(C)(C)c2cc(B(c5c(C)cc(C)cc5C)c5c(C)cc(C)cc5C)cc5c2N4c2c(cccc2C5(C)C)C3(C)C)c2c(C)cc(C)cc2C)c(C)c1. The van der Waals surface area contributed by atoms with E-state index in [1.165, 1.54) is 150 Å². The molecule has 7 aromatic rings. The van der Waals surface area contributed by atoms with Crippen LogP contribution in [0.1, 0.15) is 142 Å². The van der Waals surface area contributed by atoms with Gasteiger partial charge < -0.3 is 4.90 Å². The molecule has 3 aliphatic heterocycles. The van der Waals surface area contributed by atoms with Gasteiger partial charge in [-0.25, -0.2) is 0 Å². The molecular weight excluding hydrogens is 792 g/mol. The molecule has 0 spiro atoms. The molecule has 0 saturated carbocycles. The third kappa shape index (κ3) is 6.20. The van der Waals surface area contributed by atoms with Crippen LogP contribution in [0.3, 0.4) is 0 Å². The van der Waals surface area contributed by atoms with Crippen molar-refractivity contribution in [1.82, 2.24) is 0 Å². The fraction of sp³-hybridized carbons (Fsp3) is 0.333. The summed E-state index contributed by atoms with van der Waals surface area (Å²) in [6.45, 7) is 42.9. The molecule has 66 heavy (non-hydrogen) atoms. The molecule has 0 bridgehead atoms. The highest BCUT2D eigenvalue weighted by Crippen LogP contribution is 2.65. The van der Waals surface area contributed by atoms with E-state index in [2.05, 4.69) is 221 Å². The van der Waals surface area contributed by atoms with Crippen molar-refractivity contribution in [3.05, 3.63) is 191 Å². The molecule has 1 nitrogen and oxygen atoms in total. The van der Waals surface area contributed by atoms with Gasteiger partial charge >= 0.3 is 0 Å². The predicted octanol–water partition coefficient (Wildman–Crippen LogP) is 11.8. The highest BCUT2D eigenvalue weighted by Gasteiger charge is 2.53. The van der Waals surface area contributed by atoms with Crippen LogP contribution in [0.25, 0.3) is 0 Å². The largest absolute Gasteiger partial charge is 0.309 e. The molecule has 0 fully saturated rings. The van der Waals surface area contributed by atoms with Crippen LogP contribution in [0, 0.1) is 83.1 Å². The first-order valence-electron chi connectivity index (χ1n) is 24.6. The second-order valence-electron chi connectivity index (χ2n) is 23.0. The minimum atomic E-state index is -0.328. The van der Waals surface area contributed by atoms with Crippen molar-refractivity contribution in [2.24, 2.45) is 0 Å². The van der Waals surface area contributed by atoms with E-state index in [-0.39, 0.29) is 29.7 Å². The number of benzene rings is 7. The lowest BCUT2D eigenvalue weighted by atomic mass is 9.33. The van der Waals surface area contributed by atoms with Crippen LogP contribution in [0.5, 0.6) is 0 Å². The lowest BCUT2D eigenvalue weighted by Crippen LogP contribution is -2.57. The Balaban J connectivity index is 1.34. The summed E-state index contributed by atoms with van der Waals surface area (Å²) in [5.74, 6) is 0. The Bertz CT molecular complexity index is 2850. The van der Waals surface area contributed by atoms with Crippen LogP contribution < -0.4 is 37.7 Å². The van der Waals surface area contributed by atoms with E-state index in [9.17, 15) is 0 Å². The second kappa shape index (κ2) is 14.7. The number of hydrogen-bond acceptors (Lipinski definition) is 1.